The third-order valence-corrected chi connectivity index (χ3v) is 6.09. The van der Waals surface area contributed by atoms with E-state index in [1.54, 1.807) is 0 Å². The minimum Gasteiger partial charge on any atom is -0.354 e. The molecule has 0 unspecified atom stereocenters. The predicted octanol–water partition coefficient (Wildman–Crippen LogP) is 6.39. The van der Waals surface area contributed by atoms with Crippen molar-refractivity contribution in [2.75, 3.05) is 6.54 Å². The summed E-state index contributed by atoms with van der Waals surface area (Å²) in [5.74, 6) is 0. The van der Waals surface area contributed by atoms with E-state index in [9.17, 15) is 0 Å². The van der Waals surface area contributed by atoms with E-state index in [-0.39, 0.29) is 0 Å². The van der Waals surface area contributed by atoms with Crippen LogP contribution in [0.2, 0.25) is 5.02 Å². The maximum atomic E-state index is 6.62. The Kier molecular flexibility index (Phi) is 5.22. The van der Waals surface area contributed by atoms with Gasteiger partial charge in [-0.25, -0.2) is 0 Å². The molecule has 2 aromatic carbocycles. The van der Waals surface area contributed by atoms with Gasteiger partial charge >= 0.3 is 0 Å². The van der Waals surface area contributed by atoms with Gasteiger partial charge in [-0.15, -0.1) is 0 Å². The largest absolute Gasteiger partial charge is 0.354 e. The van der Waals surface area contributed by atoms with E-state index in [1.165, 1.54) is 11.1 Å². The molecule has 2 aromatic heterocycles. The molecule has 4 rings (SSSR count). The van der Waals surface area contributed by atoms with Crippen LogP contribution in [0.4, 0.5) is 0 Å². The van der Waals surface area contributed by atoms with Gasteiger partial charge in [-0.1, -0.05) is 39.7 Å². The first-order valence-electron chi connectivity index (χ1n) is 9.15. The van der Waals surface area contributed by atoms with E-state index < -0.39 is 0 Å². The van der Waals surface area contributed by atoms with Gasteiger partial charge in [-0.2, -0.15) is 0 Å². The highest BCUT2D eigenvalue weighted by Gasteiger charge is 2.19. The lowest BCUT2D eigenvalue weighted by Gasteiger charge is -2.09. The Bertz CT molecular complexity index is 1130. The topological polar surface area (TPSA) is 54.7 Å². The summed E-state index contributed by atoms with van der Waals surface area (Å²) in [5, 5.41) is 3.01. The summed E-state index contributed by atoms with van der Waals surface area (Å²) in [6, 6.07) is 12.3. The average Bonchev–Trinajstić information content (AvgIpc) is 3.06. The molecule has 3 nitrogen and oxygen atoms in total. The fourth-order valence-corrected chi connectivity index (χ4v) is 4.45. The molecule has 0 radical (unpaired) electrons. The fraction of sp³-hybridized carbons (Fsp3) is 0.227. The minimum absolute atomic E-state index is 0.702. The number of nitrogens with two attached hydrogens (primary N) is 1. The quantitative estimate of drug-likeness (QED) is 0.352. The molecule has 0 saturated carbocycles. The highest BCUT2D eigenvalue weighted by Crippen LogP contribution is 2.40. The molecule has 3 N–H and O–H groups in total. The van der Waals surface area contributed by atoms with Gasteiger partial charge < -0.3 is 10.7 Å². The Hall–Kier alpha value is -1.88. The zero-order valence-electron chi connectivity index (χ0n) is 15.2. The number of unbranched alkanes of at least 4 members (excludes halogenated alkanes) is 1. The number of aryl methyl sites for hydroxylation is 2. The molecule has 0 saturated heterocycles. The molecule has 0 spiro atoms. The minimum atomic E-state index is 0.702. The Morgan fingerprint density at radius 3 is 2.81 bits per heavy atom. The third-order valence-electron chi connectivity index (χ3n) is 5.08. The van der Waals surface area contributed by atoms with Crippen molar-refractivity contribution in [3.8, 4) is 11.3 Å². The lowest BCUT2D eigenvalue weighted by atomic mass is 9.98. The van der Waals surface area contributed by atoms with Gasteiger partial charge in [-0.3, -0.25) is 4.98 Å². The van der Waals surface area contributed by atoms with E-state index in [1.807, 2.05) is 18.3 Å². The first-order chi connectivity index (χ1) is 13.1. The van der Waals surface area contributed by atoms with E-state index >= 15 is 0 Å². The number of hydrogen-bond acceptors (Lipinski definition) is 2. The maximum Gasteiger partial charge on any atom is 0.0806 e. The number of halogens is 2. The van der Waals surface area contributed by atoms with Gasteiger partial charge in [0.15, 0.2) is 0 Å². The second-order valence-electron chi connectivity index (χ2n) is 6.83. The summed E-state index contributed by atoms with van der Waals surface area (Å²) in [5.41, 5.74) is 12.5. The molecule has 0 aliphatic carbocycles. The van der Waals surface area contributed by atoms with Crippen molar-refractivity contribution in [1.29, 1.82) is 0 Å². The van der Waals surface area contributed by atoms with Gasteiger partial charge in [0.1, 0.15) is 0 Å². The number of fused-ring (bicyclic) bond motifs is 2. The number of pyridine rings is 1. The second-order valence-corrected chi connectivity index (χ2v) is 8.09. The molecule has 4 aromatic rings. The average molecular weight is 443 g/mol. The third kappa shape index (κ3) is 3.27. The van der Waals surface area contributed by atoms with Crippen LogP contribution in [-0.4, -0.2) is 16.5 Å². The molecule has 0 bridgehead atoms. The van der Waals surface area contributed by atoms with Gasteiger partial charge in [0, 0.05) is 27.0 Å². The molecule has 0 aliphatic rings. The smallest absolute Gasteiger partial charge is 0.0806 e. The van der Waals surface area contributed by atoms with Crippen LogP contribution in [-0.2, 0) is 6.42 Å². The van der Waals surface area contributed by atoms with Crippen molar-refractivity contribution in [3.63, 3.8) is 0 Å². The van der Waals surface area contributed by atoms with Crippen molar-refractivity contribution in [1.82, 2.24) is 9.97 Å². The molecule has 2 heterocycles. The number of nitrogens with one attached hydrogen (secondary N) is 1. The normalized spacial score (nSPS) is 11.6. The van der Waals surface area contributed by atoms with Crippen LogP contribution in [0.1, 0.15) is 24.0 Å². The van der Waals surface area contributed by atoms with Crippen LogP contribution in [0.15, 0.2) is 47.1 Å². The standard InChI is InChI=1S/C22H21BrClN3/c1-13-7-10-18(24)19-15(5-2-3-11-25)22(27-20(13)19)16-8-9-17(23)14-6-4-12-26-21(14)16/h4,6-10,12,27H,2-3,5,11,25H2,1H3. The fourth-order valence-electron chi connectivity index (χ4n) is 3.73. The number of hydrogen-bond donors (Lipinski definition) is 2. The molecule has 27 heavy (non-hydrogen) atoms. The first kappa shape index (κ1) is 18.5. The SMILES string of the molecule is Cc1ccc(Cl)c2c(CCCCN)c(-c3ccc(Br)c4cccnc34)[nH]c12. The first-order valence-corrected chi connectivity index (χ1v) is 10.3. The maximum absolute atomic E-state index is 6.62. The zero-order chi connectivity index (χ0) is 19.0. The van der Waals surface area contributed by atoms with Gasteiger partial charge in [0.05, 0.1) is 21.7 Å². The lowest BCUT2D eigenvalue weighted by molar-refractivity contribution is 0.748. The van der Waals surface area contributed by atoms with Gasteiger partial charge in [-0.05, 0) is 68.1 Å². The van der Waals surface area contributed by atoms with Crippen LogP contribution >= 0.6 is 27.5 Å². The van der Waals surface area contributed by atoms with E-state index in [0.29, 0.717) is 6.54 Å². The molecule has 0 amide bonds. The Balaban J connectivity index is 2.02. The van der Waals surface area contributed by atoms with E-state index in [2.05, 4.69) is 57.1 Å². The van der Waals surface area contributed by atoms with E-state index in [0.717, 1.165) is 61.8 Å². The summed E-state index contributed by atoms with van der Waals surface area (Å²) in [7, 11) is 0. The number of benzene rings is 2. The Morgan fingerprint density at radius 2 is 2.00 bits per heavy atom. The van der Waals surface area contributed by atoms with E-state index in [4.69, 9.17) is 17.3 Å². The van der Waals surface area contributed by atoms with Gasteiger partial charge in [0.25, 0.3) is 0 Å². The molecule has 0 fully saturated rings. The lowest BCUT2D eigenvalue weighted by Crippen LogP contribution is -1.99. The van der Waals surface area contributed by atoms with Crippen LogP contribution in [0, 0.1) is 6.92 Å². The number of H-pyrrole nitrogens is 1. The highest BCUT2D eigenvalue weighted by molar-refractivity contribution is 9.10. The number of rotatable bonds is 5. The molecular formula is C22H21BrClN3. The highest BCUT2D eigenvalue weighted by atomic mass is 79.9. The van der Waals surface area contributed by atoms with Crippen molar-refractivity contribution in [3.05, 3.63) is 63.2 Å². The Labute approximate surface area is 172 Å². The molecule has 0 aliphatic heterocycles. The summed E-state index contributed by atoms with van der Waals surface area (Å²) in [6.07, 6.45) is 4.80. The van der Waals surface area contributed by atoms with Crippen molar-refractivity contribution in [2.24, 2.45) is 5.73 Å². The zero-order valence-corrected chi connectivity index (χ0v) is 17.5. The van der Waals surface area contributed by atoms with Crippen molar-refractivity contribution < 1.29 is 0 Å². The number of aromatic nitrogens is 2. The summed E-state index contributed by atoms with van der Waals surface area (Å²) in [4.78, 5) is 8.33. The summed E-state index contributed by atoms with van der Waals surface area (Å²) < 4.78 is 1.05. The van der Waals surface area contributed by atoms with Crippen LogP contribution in [0.3, 0.4) is 0 Å². The summed E-state index contributed by atoms with van der Waals surface area (Å²) in [6.45, 7) is 2.81. The van der Waals surface area contributed by atoms with Crippen LogP contribution in [0.5, 0.6) is 0 Å². The molecule has 0 atom stereocenters. The molecular weight excluding hydrogens is 422 g/mol. The predicted molar refractivity (Wildman–Crippen MR) is 118 cm³/mol. The number of nitrogens with zero attached hydrogens (tertiary/aromatic N) is 1. The van der Waals surface area contributed by atoms with Gasteiger partial charge in [0.2, 0.25) is 0 Å². The second kappa shape index (κ2) is 7.63. The molecule has 138 valence electrons. The van der Waals surface area contributed by atoms with Crippen molar-refractivity contribution in [2.45, 2.75) is 26.2 Å². The van der Waals surface area contributed by atoms with Crippen LogP contribution in [0.25, 0.3) is 33.1 Å². The van der Waals surface area contributed by atoms with Crippen LogP contribution < -0.4 is 5.73 Å². The Morgan fingerprint density at radius 1 is 1.15 bits per heavy atom. The summed E-state index contributed by atoms with van der Waals surface area (Å²) >= 11 is 10.3. The number of aromatic amines is 1. The monoisotopic (exact) mass is 441 g/mol. The van der Waals surface area contributed by atoms with Crippen molar-refractivity contribution >= 4 is 49.3 Å². The molecule has 5 heteroatoms.